The van der Waals surface area contributed by atoms with Crippen LogP contribution in [0.1, 0.15) is 48.4 Å². The van der Waals surface area contributed by atoms with Crippen LogP contribution in [0.5, 0.6) is 0 Å². The first-order valence-electron chi connectivity index (χ1n) is 6.71. The fourth-order valence-corrected chi connectivity index (χ4v) is 4.94. The van der Waals surface area contributed by atoms with Crippen molar-refractivity contribution in [2.24, 2.45) is 0 Å². The Morgan fingerprint density at radius 1 is 1.29 bits per heavy atom. The van der Waals surface area contributed by atoms with Gasteiger partial charge in [-0.2, -0.15) is 0 Å². The summed E-state index contributed by atoms with van der Waals surface area (Å²) in [6.45, 7) is 9.49. The van der Waals surface area contributed by atoms with E-state index in [1.54, 1.807) is 19.3 Å². The number of thiophene rings is 1. The highest BCUT2D eigenvalue weighted by atomic mass is 32.2. The van der Waals surface area contributed by atoms with Gasteiger partial charge in [0.25, 0.3) is 0 Å². The lowest BCUT2D eigenvalue weighted by atomic mass is 10.3. The van der Waals surface area contributed by atoms with Crippen LogP contribution in [0.25, 0.3) is 0 Å². The summed E-state index contributed by atoms with van der Waals surface area (Å²) in [5, 5.41) is 7.90. The number of hydrogen-bond acceptors (Lipinski definition) is 5. The Bertz CT molecular complexity index is 731. The van der Waals surface area contributed by atoms with Crippen molar-refractivity contribution in [1.29, 1.82) is 0 Å². The van der Waals surface area contributed by atoms with E-state index in [1.165, 1.54) is 11.3 Å². The largest absolute Gasteiger partial charge is 0.314 e. The van der Waals surface area contributed by atoms with Crippen LogP contribution in [0.4, 0.5) is 0 Å². The summed E-state index contributed by atoms with van der Waals surface area (Å²) in [4.78, 5) is 2.11. The molecule has 116 valence electrons. The fourth-order valence-electron chi connectivity index (χ4n) is 2.18. The van der Waals surface area contributed by atoms with Crippen molar-refractivity contribution in [3.05, 3.63) is 28.0 Å². The quantitative estimate of drug-likeness (QED) is 0.915. The van der Waals surface area contributed by atoms with Crippen LogP contribution in [0, 0.1) is 13.8 Å². The van der Waals surface area contributed by atoms with Crippen molar-refractivity contribution in [2.45, 2.75) is 51.6 Å². The van der Waals surface area contributed by atoms with E-state index in [1.807, 2.05) is 32.3 Å². The van der Waals surface area contributed by atoms with Crippen LogP contribution < -0.4 is 4.72 Å². The van der Waals surface area contributed by atoms with Gasteiger partial charge in [-0.15, -0.1) is 21.5 Å². The maximum Gasteiger partial charge on any atom is 0.242 e. The molecular weight excluding hydrogens is 308 g/mol. The van der Waals surface area contributed by atoms with Crippen molar-refractivity contribution < 1.29 is 8.42 Å². The zero-order chi connectivity index (χ0) is 15.8. The van der Waals surface area contributed by atoms with Crippen molar-refractivity contribution in [3.8, 4) is 0 Å². The third-order valence-electron chi connectivity index (χ3n) is 3.16. The van der Waals surface area contributed by atoms with Gasteiger partial charge < -0.3 is 4.57 Å². The second kappa shape index (κ2) is 5.86. The molecule has 0 bridgehead atoms. The molecule has 2 rings (SSSR count). The van der Waals surface area contributed by atoms with E-state index >= 15 is 0 Å². The molecule has 8 heteroatoms. The second-order valence-corrected chi connectivity index (χ2v) is 8.45. The Kier molecular flexibility index (Phi) is 4.50. The lowest BCUT2D eigenvalue weighted by Crippen LogP contribution is -2.29. The highest BCUT2D eigenvalue weighted by Gasteiger charge is 2.24. The number of nitrogens with zero attached hydrogens (tertiary/aromatic N) is 3. The number of aryl methyl sites for hydroxylation is 2. The molecule has 0 spiro atoms. The van der Waals surface area contributed by atoms with Crippen LogP contribution in [-0.2, 0) is 10.0 Å². The number of rotatable bonds is 5. The van der Waals surface area contributed by atoms with E-state index in [0.717, 1.165) is 9.75 Å². The third-order valence-corrected chi connectivity index (χ3v) is 5.92. The molecule has 2 aromatic heterocycles. The minimum Gasteiger partial charge on any atom is -0.314 e. The molecule has 1 N–H and O–H groups in total. The summed E-state index contributed by atoms with van der Waals surface area (Å²) in [6, 6.07) is 1.42. The summed E-state index contributed by atoms with van der Waals surface area (Å²) in [6.07, 6.45) is 1.62. The molecule has 1 atom stereocenters. The van der Waals surface area contributed by atoms with Gasteiger partial charge in [0.15, 0.2) is 5.82 Å². The van der Waals surface area contributed by atoms with Crippen LogP contribution in [0.3, 0.4) is 0 Å². The summed E-state index contributed by atoms with van der Waals surface area (Å²) in [7, 11) is -3.56. The molecule has 0 saturated carbocycles. The summed E-state index contributed by atoms with van der Waals surface area (Å²) >= 11 is 1.48. The average Bonchev–Trinajstić information content (AvgIpc) is 2.95. The van der Waals surface area contributed by atoms with Gasteiger partial charge >= 0.3 is 0 Å². The molecule has 0 aliphatic rings. The van der Waals surface area contributed by atoms with Gasteiger partial charge in [-0.1, -0.05) is 0 Å². The molecule has 2 heterocycles. The van der Waals surface area contributed by atoms with Crippen LogP contribution in [0.2, 0.25) is 0 Å². The average molecular weight is 328 g/mol. The molecule has 0 aromatic carbocycles. The molecule has 6 nitrogen and oxygen atoms in total. The topological polar surface area (TPSA) is 76.9 Å². The number of nitrogens with one attached hydrogen (secondary N) is 1. The predicted octanol–water partition coefficient (Wildman–Crippen LogP) is 2.58. The van der Waals surface area contributed by atoms with E-state index in [-0.39, 0.29) is 6.04 Å². The number of sulfonamides is 1. The fraction of sp³-hybridized carbons (Fsp3) is 0.538. The minimum atomic E-state index is -3.56. The Labute approximate surface area is 129 Å². The van der Waals surface area contributed by atoms with E-state index in [2.05, 4.69) is 14.9 Å². The van der Waals surface area contributed by atoms with E-state index < -0.39 is 16.1 Å². The molecule has 21 heavy (non-hydrogen) atoms. The molecule has 0 aliphatic carbocycles. The predicted molar refractivity (Wildman–Crippen MR) is 82.9 cm³/mol. The Balaban J connectivity index is 2.28. The first-order valence-corrected chi connectivity index (χ1v) is 9.01. The Hall–Kier alpha value is -1.25. The third kappa shape index (κ3) is 3.33. The maximum absolute atomic E-state index is 12.5. The molecule has 0 amide bonds. The minimum absolute atomic E-state index is 0.173. The summed E-state index contributed by atoms with van der Waals surface area (Å²) in [5.74, 6) is 0.609. The van der Waals surface area contributed by atoms with Gasteiger partial charge in [0.05, 0.1) is 10.9 Å². The first kappa shape index (κ1) is 16.1. The van der Waals surface area contributed by atoms with Gasteiger partial charge in [0.1, 0.15) is 6.33 Å². The molecule has 2 aromatic rings. The Morgan fingerprint density at radius 3 is 2.48 bits per heavy atom. The molecular formula is C13H20N4O2S2. The highest BCUT2D eigenvalue weighted by molar-refractivity contribution is 7.89. The summed E-state index contributed by atoms with van der Waals surface area (Å²) in [5.41, 5.74) is 0. The molecule has 0 fully saturated rings. The van der Waals surface area contributed by atoms with Gasteiger partial charge in [-0.25, -0.2) is 13.1 Å². The van der Waals surface area contributed by atoms with Crippen LogP contribution in [0.15, 0.2) is 17.3 Å². The molecule has 0 unspecified atom stereocenters. The standard InChI is InChI=1S/C13H20N4O2S2/c1-8(2)17-7-14-15-13(17)10(4)16-21(18,19)12-6-9(3)20-11(12)5/h6-8,10,16H,1-5H3/t10-/m0/s1. The molecule has 0 radical (unpaired) electrons. The van der Waals surface area contributed by atoms with Crippen molar-refractivity contribution >= 4 is 21.4 Å². The van der Waals surface area contributed by atoms with Gasteiger partial charge in [-0.05, 0) is 40.7 Å². The van der Waals surface area contributed by atoms with Crippen molar-refractivity contribution in [2.75, 3.05) is 0 Å². The maximum atomic E-state index is 12.5. The zero-order valence-corrected chi connectivity index (χ0v) is 14.4. The lowest BCUT2D eigenvalue weighted by Gasteiger charge is -2.16. The smallest absolute Gasteiger partial charge is 0.242 e. The zero-order valence-electron chi connectivity index (χ0n) is 12.8. The number of aromatic nitrogens is 3. The SMILES string of the molecule is Cc1cc(S(=O)(=O)N[C@@H](C)c2nncn2C(C)C)c(C)s1. The van der Waals surface area contributed by atoms with E-state index in [4.69, 9.17) is 0 Å². The number of hydrogen-bond donors (Lipinski definition) is 1. The van der Waals surface area contributed by atoms with Crippen LogP contribution >= 0.6 is 11.3 Å². The van der Waals surface area contributed by atoms with E-state index in [9.17, 15) is 8.42 Å². The molecule has 0 aliphatic heterocycles. The van der Waals surface area contributed by atoms with Gasteiger partial charge in [0, 0.05) is 15.8 Å². The molecule has 0 saturated heterocycles. The first-order chi connectivity index (χ1) is 9.72. The normalized spacial score (nSPS) is 13.8. The van der Waals surface area contributed by atoms with Gasteiger partial charge in [-0.3, -0.25) is 0 Å². The van der Waals surface area contributed by atoms with Crippen molar-refractivity contribution in [3.63, 3.8) is 0 Å². The van der Waals surface area contributed by atoms with Crippen LogP contribution in [-0.4, -0.2) is 23.2 Å². The monoisotopic (exact) mass is 328 g/mol. The summed E-state index contributed by atoms with van der Waals surface area (Å²) < 4.78 is 29.5. The second-order valence-electron chi connectivity index (χ2n) is 5.31. The van der Waals surface area contributed by atoms with E-state index in [0.29, 0.717) is 10.7 Å². The van der Waals surface area contributed by atoms with Gasteiger partial charge in [0.2, 0.25) is 10.0 Å². The highest BCUT2D eigenvalue weighted by Crippen LogP contribution is 2.26. The lowest BCUT2D eigenvalue weighted by molar-refractivity contribution is 0.514. The Morgan fingerprint density at radius 2 is 1.95 bits per heavy atom. The van der Waals surface area contributed by atoms with Crippen molar-refractivity contribution in [1.82, 2.24) is 19.5 Å².